The second kappa shape index (κ2) is 4.98. The van der Waals surface area contributed by atoms with Gasteiger partial charge in [-0.1, -0.05) is 0 Å². The minimum absolute atomic E-state index is 0.0567. The molecule has 7 nitrogen and oxygen atoms in total. The number of nitro groups is 1. The minimum atomic E-state index is -0.546. The van der Waals surface area contributed by atoms with E-state index in [1.807, 2.05) is 6.07 Å². The van der Waals surface area contributed by atoms with Gasteiger partial charge < -0.3 is 10.0 Å². The fourth-order valence-corrected chi connectivity index (χ4v) is 2.17. The Labute approximate surface area is 103 Å². The van der Waals surface area contributed by atoms with Gasteiger partial charge >= 0.3 is 5.69 Å². The van der Waals surface area contributed by atoms with Crippen LogP contribution in [0, 0.1) is 21.4 Å². The highest BCUT2D eigenvalue weighted by Gasteiger charge is 2.30. The van der Waals surface area contributed by atoms with Crippen molar-refractivity contribution in [1.29, 1.82) is 5.26 Å². The molecule has 0 saturated carbocycles. The largest absolute Gasteiger partial charge is 0.394 e. The van der Waals surface area contributed by atoms with Crippen molar-refractivity contribution in [2.24, 2.45) is 0 Å². The zero-order valence-corrected chi connectivity index (χ0v) is 9.61. The molecular weight excluding hydrogens is 236 g/mol. The number of anilines is 1. The van der Waals surface area contributed by atoms with E-state index in [0.717, 1.165) is 12.8 Å². The normalized spacial score (nSPS) is 18.7. The first-order chi connectivity index (χ1) is 8.67. The molecule has 1 aromatic heterocycles. The van der Waals surface area contributed by atoms with Crippen molar-refractivity contribution in [2.45, 2.75) is 18.9 Å². The molecule has 2 heterocycles. The Morgan fingerprint density at radius 1 is 1.72 bits per heavy atom. The summed E-state index contributed by atoms with van der Waals surface area (Å²) >= 11 is 0. The van der Waals surface area contributed by atoms with Crippen LogP contribution in [0.3, 0.4) is 0 Å². The number of aliphatic hydroxyl groups is 1. The summed E-state index contributed by atoms with van der Waals surface area (Å²) in [4.78, 5) is 16.2. The maximum atomic E-state index is 11.0. The molecule has 1 aliphatic heterocycles. The summed E-state index contributed by atoms with van der Waals surface area (Å²) in [6.07, 6.45) is 2.97. The van der Waals surface area contributed by atoms with Crippen LogP contribution in [0.25, 0.3) is 0 Å². The van der Waals surface area contributed by atoms with E-state index in [4.69, 9.17) is 5.26 Å². The SMILES string of the molecule is N#Cc1cnc(N2CCCC2CO)c([N+](=O)[O-])c1. The lowest BCUT2D eigenvalue weighted by molar-refractivity contribution is -0.384. The van der Waals surface area contributed by atoms with Crippen LogP contribution >= 0.6 is 0 Å². The first-order valence-corrected chi connectivity index (χ1v) is 5.59. The van der Waals surface area contributed by atoms with E-state index in [0.29, 0.717) is 6.54 Å². The molecule has 0 aliphatic carbocycles. The zero-order valence-electron chi connectivity index (χ0n) is 9.61. The summed E-state index contributed by atoms with van der Waals surface area (Å²) in [5.41, 5.74) is -0.0282. The third-order valence-corrected chi connectivity index (χ3v) is 3.03. The molecule has 1 atom stereocenters. The van der Waals surface area contributed by atoms with Gasteiger partial charge in [-0.2, -0.15) is 5.26 Å². The Bertz CT molecular complexity index is 512. The number of hydrogen-bond donors (Lipinski definition) is 1. The van der Waals surface area contributed by atoms with Gasteiger partial charge in [-0.05, 0) is 12.8 Å². The summed E-state index contributed by atoms with van der Waals surface area (Å²) in [7, 11) is 0. The molecule has 2 rings (SSSR count). The molecule has 1 aromatic rings. The van der Waals surface area contributed by atoms with Gasteiger partial charge in [0.2, 0.25) is 5.82 Å². The first-order valence-electron chi connectivity index (χ1n) is 5.59. The van der Waals surface area contributed by atoms with Crippen LogP contribution in [0.5, 0.6) is 0 Å². The summed E-state index contributed by atoms with van der Waals surface area (Å²) in [5, 5.41) is 29.0. The standard InChI is InChI=1S/C11H12N4O3/c12-5-8-4-10(15(17)18)11(13-6-8)14-3-1-2-9(14)7-16/h4,6,9,16H,1-3,7H2. The van der Waals surface area contributed by atoms with Crippen LogP contribution in [0.1, 0.15) is 18.4 Å². The quantitative estimate of drug-likeness (QED) is 0.627. The Balaban J connectivity index is 2.44. The van der Waals surface area contributed by atoms with E-state index in [1.54, 1.807) is 4.90 Å². The predicted octanol–water partition coefficient (Wildman–Crippen LogP) is 0.823. The average molecular weight is 248 g/mol. The van der Waals surface area contributed by atoms with Crippen LogP contribution in [0.4, 0.5) is 11.5 Å². The molecule has 0 spiro atoms. The smallest absolute Gasteiger partial charge is 0.312 e. The summed E-state index contributed by atoms with van der Waals surface area (Å²) in [5.74, 6) is 0.232. The van der Waals surface area contributed by atoms with Gasteiger partial charge in [-0.15, -0.1) is 0 Å². The van der Waals surface area contributed by atoms with E-state index in [9.17, 15) is 15.2 Å². The lowest BCUT2D eigenvalue weighted by atomic mass is 10.2. The van der Waals surface area contributed by atoms with Crippen molar-refractivity contribution in [3.8, 4) is 6.07 Å². The van der Waals surface area contributed by atoms with Crippen molar-refractivity contribution >= 4 is 11.5 Å². The molecule has 1 fully saturated rings. The van der Waals surface area contributed by atoms with Gasteiger partial charge in [-0.25, -0.2) is 4.98 Å². The van der Waals surface area contributed by atoms with Crippen LogP contribution in [0.2, 0.25) is 0 Å². The number of nitriles is 1. The second-order valence-corrected chi connectivity index (χ2v) is 4.11. The van der Waals surface area contributed by atoms with Gasteiger partial charge in [0.05, 0.1) is 23.1 Å². The van der Waals surface area contributed by atoms with Crippen molar-refractivity contribution in [3.63, 3.8) is 0 Å². The van der Waals surface area contributed by atoms with E-state index in [1.165, 1.54) is 12.3 Å². The highest BCUT2D eigenvalue weighted by atomic mass is 16.6. The highest BCUT2D eigenvalue weighted by molar-refractivity contribution is 5.61. The number of hydrogen-bond acceptors (Lipinski definition) is 6. The van der Waals surface area contributed by atoms with Crippen molar-refractivity contribution in [2.75, 3.05) is 18.1 Å². The van der Waals surface area contributed by atoms with Crippen LogP contribution in [-0.2, 0) is 0 Å². The number of nitrogens with zero attached hydrogens (tertiary/aromatic N) is 4. The Kier molecular flexibility index (Phi) is 3.39. The van der Waals surface area contributed by atoms with E-state index < -0.39 is 4.92 Å². The lowest BCUT2D eigenvalue weighted by Crippen LogP contribution is -2.33. The molecule has 18 heavy (non-hydrogen) atoms. The van der Waals surface area contributed by atoms with Crippen LogP contribution in [0.15, 0.2) is 12.3 Å². The molecule has 94 valence electrons. The third kappa shape index (κ3) is 2.10. The molecule has 1 N–H and O–H groups in total. The van der Waals surface area contributed by atoms with Crippen molar-refractivity contribution < 1.29 is 10.0 Å². The molecule has 1 saturated heterocycles. The Morgan fingerprint density at radius 2 is 2.50 bits per heavy atom. The lowest BCUT2D eigenvalue weighted by Gasteiger charge is -2.23. The van der Waals surface area contributed by atoms with Crippen molar-refractivity contribution in [1.82, 2.24) is 4.98 Å². The predicted molar refractivity (Wildman–Crippen MR) is 63.1 cm³/mol. The first kappa shape index (κ1) is 12.3. The van der Waals surface area contributed by atoms with E-state index in [-0.39, 0.29) is 29.7 Å². The summed E-state index contributed by atoms with van der Waals surface area (Å²) < 4.78 is 0. The zero-order chi connectivity index (χ0) is 13.1. The third-order valence-electron chi connectivity index (χ3n) is 3.03. The van der Waals surface area contributed by atoms with Crippen LogP contribution in [-0.4, -0.2) is 34.2 Å². The van der Waals surface area contributed by atoms with Crippen molar-refractivity contribution in [3.05, 3.63) is 27.9 Å². The van der Waals surface area contributed by atoms with Gasteiger partial charge in [0.25, 0.3) is 0 Å². The van der Waals surface area contributed by atoms with Gasteiger partial charge in [-0.3, -0.25) is 10.1 Å². The van der Waals surface area contributed by atoms with Gasteiger partial charge in [0.15, 0.2) is 0 Å². The molecule has 0 bridgehead atoms. The number of rotatable bonds is 3. The Hall–Kier alpha value is -2.20. The maximum absolute atomic E-state index is 11.0. The Morgan fingerprint density at radius 3 is 3.11 bits per heavy atom. The summed E-state index contributed by atoms with van der Waals surface area (Å²) in [6, 6.07) is 2.91. The fraction of sp³-hybridized carbons (Fsp3) is 0.455. The van der Waals surface area contributed by atoms with Crippen LogP contribution < -0.4 is 4.90 Å². The molecule has 7 heteroatoms. The fourth-order valence-electron chi connectivity index (χ4n) is 2.17. The maximum Gasteiger partial charge on any atom is 0.312 e. The molecule has 1 aliphatic rings. The second-order valence-electron chi connectivity index (χ2n) is 4.11. The van der Waals surface area contributed by atoms with E-state index >= 15 is 0 Å². The molecule has 1 unspecified atom stereocenters. The number of aliphatic hydroxyl groups excluding tert-OH is 1. The number of pyridine rings is 1. The van der Waals surface area contributed by atoms with Gasteiger partial charge in [0.1, 0.15) is 6.07 Å². The molecule has 0 radical (unpaired) electrons. The molecule has 0 amide bonds. The molecule has 0 aromatic carbocycles. The van der Waals surface area contributed by atoms with Gasteiger partial charge in [0, 0.05) is 18.8 Å². The molecular formula is C11H12N4O3. The average Bonchev–Trinajstić information content (AvgIpc) is 2.86. The van der Waals surface area contributed by atoms with E-state index in [2.05, 4.69) is 4.98 Å². The number of aromatic nitrogens is 1. The minimum Gasteiger partial charge on any atom is -0.394 e. The summed E-state index contributed by atoms with van der Waals surface area (Å²) in [6.45, 7) is 0.573. The topological polar surface area (TPSA) is 103 Å². The highest BCUT2D eigenvalue weighted by Crippen LogP contribution is 2.31. The monoisotopic (exact) mass is 248 g/mol.